The molecule has 42 heavy (non-hydrogen) atoms. The van der Waals surface area contributed by atoms with E-state index >= 15 is 0 Å². The normalized spacial score (nSPS) is 12.8. The largest absolute Gasteiger partial charge is 0.460 e. The summed E-state index contributed by atoms with van der Waals surface area (Å²) in [7, 11) is 1.71. The van der Waals surface area contributed by atoms with E-state index in [0.29, 0.717) is 6.42 Å². The molecule has 0 amide bonds. The maximum atomic E-state index is 12.7. The molecule has 238 valence electrons. The summed E-state index contributed by atoms with van der Waals surface area (Å²) in [5.41, 5.74) is 5.93. The molecule has 1 atom stereocenters. The van der Waals surface area contributed by atoms with Crippen molar-refractivity contribution in [3.8, 4) is 0 Å². The molecule has 0 aromatic heterocycles. The third-order valence-electron chi connectivity index (χ3n) is 6.05. The molecule has 0 saturated carbocycles. The molecular weight excluding hydrogens is 522 g/mol. The van der Waals surface area contributed by atoms with Crippen molar-refractivity contribution in [2.75, 3.05) is 12.4 Å². The molecule has 0 saturated heterocycles. The summed E-state index contributed by atoms with van der Waals surface area (Å²) in [5, 5.41) is 3.54. The van der Waals surface area contributed by atoms with Crippen LogP contribution in [-0.2, 0) is 38.3 Å². The molecule has 2 aromatic rings. The quantitative estimate of drug-likeness (QED) is 0.247. The average Bonchev–Trinajstić information content (AvgIpc) is 3.34. The average molecular weight is 584 g/mol. The second-order valence-corrected chi connectivity index (χ2v) is 13.5. The molecular formula is C37H61NO4. The van der Waals surface area contributed by atoms with Crippen molar-refractivity contribution in [3.63, 3.8) is 0 Å². The second-order valence-electron chi connectivity index (χ2n) is 13.5. The van der Waals surface area contributed by atoms with Crippen LogP contribution in [0, 0.1) is 11.8 Å². The van der Waals surface area contributed by atoms with Crippen LogP contribution in [0.2, 0.25) is 0 Å². The van der Waals surface area contributed by atoms with Gasteiger partial charge in [0.05, 0.1) is 11.5 Å². The zero-order valence-electron chi connectivity index (χ0n) is 28.9. The highest BCUT2D eigenvalue weighted by atomic mass is 16.6. The Morgan fingerprint density at radius 2 is 1.48 bits per heavy atom. The summed E-state index contributed by atoms with van der Waals surface area (Å²) in [6.07, 6.45) is 8.10. The molecule has 0 heterocycles. The molecule has 0 fully saturated rings. The standard InChI is InChI=1S/C26H35NO2.C5H12O.C4H10.C2H4O/c1-5-6-10-22(25(28)29-26(2,3)4)16-19-9-7-13-23(17-19)27-24-15-14-20-11-8-12-21(20)18-24;1-5(2,3)6-4;1-4(2)3;1-2-3/h7,9,13-15,17-18,22,27H,5-6,8,10-12,16H2,1-4H3;1-4H3;4H,1-3H3;2H,1H3. The number of nitrogens with one attached hydrogen (secondary N) is 1. The van der Waals surface area contributed by atoms with Crippen molar-refractivity contribution in [1.82, 2.24) is 0 Å². The van der Waals surface area contributed by atoms with Gasteiger partial charge in [0.2, 0.25) is 0 Å². The van der Waals surface area contributed by atoms with E-state index in [0.717, 1.165) is 42.8 Å². The lowest BCUT2D eigenvalue weighted by molar-refractivity contribution is -0.160. The molecule has 1 aliphatic carbocycles. The first kappa shape index (κ1) is 39.3. The van der Waals surface area contributed by atoms with Gasteiger partial charge in [-0.2, -0.15) is 0 Å². The second kappa shape index (κ2) is 20.3. The molecule has 3 rings (SSSR count). The number of esters is 1. The van der Waals surface area contributed by atoms with Crippen LogP contribution in [0.1, 0.15) is 119 Å². The number of fused-ring (bicyclic) bond motifs is 1. The molecule has 5 heteroatoms. The minimum absolute atomic E-state index is 0.0417. The summed E-state index contributed by atoms with van der Waals surface area (Å²) in [5.74, 6) is 0.660. The fourth-order valence-corrected chi connectivity index (χ4v) is 4.02. The minimum atomic E-state index is -0.446. The molecule has 0 radical (unpaired) electrons. The van der Waals surface area contributed by atoms with E-state index in [1.165, 1.54) is 42.9 Å². The highest BCUT2D eigenvalue weighted by molar-refractivity contribution is 5.73. The van der Waals surface area contributed by atoms with Crippen LogP contribution < -0.4 is 5.32 Å². The van der Waals surface area contributed by atoms with E-state index in [2.05, 4.69) is 75.5 Å². The number of methoxy groups -OCH3 is 1. The van der Waals surface area contributed by atoms with Crippen LogP contribution in [-0.4, -0.2) is 30.6 Å². The van der Waals surface area contributed by atoms with E-state index in [1.807, 2.05) is 41.5 Å². The predicted molar refractivity (Wildman–Crippen MR) is 180 cm³/mol. The molecule has 0 aliphatic heterocycles. The smallest absolute Gasteiger partial charge is 0.309 e. The number of carbonyl (C=O) groups is 2. The van der Waals surface area contributed by atoms with Gasteiger partial charge in [-0.1, -0.05) is 58.7 Å². The van der Waals surface area contributed by atoms with Crippen LogP contribution in [0.4, 0.5) is 11.4 Å². The molecule has 1 aliphatic rings. The Balaban J connectivity index is 0.00000109. The Kier molecular flexibility index (Phi) is 19.0. The van der Waals surface area contributed by atoms with E-state index in [4.69, 9.17) is 14.3 Å². The molecule has 0 spiro atoms. The van der Waals surface area contributed by atoms with Gasteiger partial charge >= 0.3 is 5.97 Å². The van der Waals surface area contributed by atoms with Crippen LogP contribution in [0.15, 0.2) is 42.5 Å². The first-order valence-corrected chi connectivity index (χ1v) is 15.7. The number of hydrogen-bond donors (Lipinski definition) is 1. The lowest BCUT2D eigenvalue weighted by Gasteiger charge is -2.24. The van der Waals surface area contributed by atoms with Crippen molar-refractivity contribution >= 4 is 23.6 Å². The SMILES string of the molecule is CC(C)C.CC=O.CCCCC(Cc1cccc(Nc2ccc3c(c2)CCC3)c1)C(=O)OC(C)(C)C.COC(C)(C)C. The number of aryl methyl sites for hydroxylation is 2. The first-order chi connectivity index (χ1) is 19.5. The highest BCUT2D eigenvalue weighted by Gasteiger charge is 2.25. The van der Waals surface area contributed by atoms with E-state index in [1.54, 1.807) is 7.11 Å². The monoisotopic (exact) mass is 583 g/mol. The van der Waals surface area contributed by atoms with Crippen LogP contribution in [0.5, 0.6) is 0 Å². The summed E-state index contributed by atoms with van der Waals surface area (Å²) in [4.78, 5) is 21.5. The summed E-state index contributed by atoms with van der Waals surface area (Å²) in [6, 6.07) is 15.1. The summed E-state index contributed by atoms with van der Waals surface area (Å²) < 4.78 is 10.6. The van der Waals surface area contributed by atoms with Crippen molar-refractivity contribution in [2.24, 2.45) is 11.8 Å². The fraction of sp³-hybridized carbons (Fsp3) is 0.622. The fourth-order valence-electron chi connectivity index (χ4n) is 4.02. The number of anilines is 2. The first-order valence-electron chi connectivity index (χ1n) is 15.7. The number of rotatable bonds is 8. The Morgan fingerprint density at radius 3 is 2.00 bits per heavy atom. The maximum Gasteiger partial charge on any atom is 0.309 e. The van der Waals surface area contributed by atoms with E-state index < -0.39 is 5.60 Å². The molecule has 0 bridgehead atoms. The lowest BCUT2D eigenvalue weighted by Crippen LogP contribution is -2.29. The van der Waals surface area contributed by atoms with Crippen molar-refractivity contribution in [1.29, 1.82) is 0 Å². The third kappa shape index (κ3) is 19.5. The zero-order valence-corrected chi connectivity index (χ0v) is 28.9. The highest BCUT2D eigenvalue weighted by Crippen LogP contribution is 2.28. The van der Waals surface area contributed by atoms with E-state index in [-0.39, 0.29) is 17.5 Å². The molecule has 1 unspecified atom stereocenters. The Labute approximate surface area is 258 Å². The number of ether oxygens (including phenoxy) is 2. The molecule has 1 N–H and O–H groups in total. The number of carbonyl (C=O) groups excluding carboxylic acids is 2. The van der Waals surface area contributed by atoms with Gasteiger partial charge in [-0.3, -0.25) is 4.79 Å². The number of unbranched alkanes of at least 4 members (excludes halogenated alkanes) is 1. The maximum absolute atomic E-state index is 12.7. The van der Waals surface area contributed by atoms with Gasteiger partial charge in [0.1, 0.15) is 11.9 Å². The summed E-state index contributed by atoms with van der Waals surface area (Å²) >= 11 is 0. The van der Waals surface area contributed by atoms with Gasteiger partial charge in [-0.15, -0.1) is 0 Å². The lowest BCUT2D eigenvalue weighted by atomic mass is 9.93. The zero-order chi connectivity index (χ0) is 32.3. The number of aldehydes is 1. The van der Waals surface area contributed by atoms with Gasteiger partial charge in [0.15, 0.2) is 0 Å². The third-order valence-corrected chi connectivity index (χ3v) is 6.05. The van der Waals surface area contributed by atoms with Crippen LogP contribution >= 0.6 is 0 Å². The topological polar surface area (TPSA) is 64.6 Å². The van der Waals surface area contributed by atoms with E-state index in [9.17, 15) is 4.79 Å². The van der Waals surface area contributed by atoms with Gasteiger partial charge in [0.25, 0.3) is 0 Å². The Hall–Kier alpha value is -2.66. The van der Waals surface area contributed by atoms with Gasteiger partial charge < -0.3 is 19.6 Å². The summed E-state index contributed by atoms with van der Waals surface area (Å²) in [6.45, 7) is 22.0. The minimum Gasteiger partial charge on any atom is -0.460 e. The predicted octanol–water partition coefficient (Wildman–Crippen LogP) is 9.91. The number of hydrogen-bond acceptors (Lipinski definition) is 5. The van der Waals surface area contributed by atoms with Crippen LogP contribution in [0.3, 0.4) is 0 Å². The Bertz CT molecular complexity index is 1030. The van der Waals surface area contributed by atoms with Crippen molar-refractivity contribution in [3.05, 3.63) is 59.2 Å². The van der Waals surface area contributed by atoms with Crippen molar-refractivity contribution in [2.45, 2.75) is 132 Å². The van der Waals surface area contributed by atoms with Crippen LogP contribution in [0.25, 0.3) is 0 Å². The van der Waals surface area contributed by atoms with Gasteiger partial charge in [-0.05, 0) is 127 Å². The van der Waals surface area contributed by atoms with Gasteiger partial charge in [-0.25, -0.2) is 0 Å². The molecule has 5 nitrogen and oxygen atoms in total. The van der Waals surface area contributed by atoms with Crippen molar-refractivity contribution < 1.29 is 19.1 Å². The number of benzene rings is 2. The molecule has 2 aromatic carbocycles. The Morgan fingerprint density at radius 1 is 0.929 bits per heavy atom. The van der Waals surface area contributed by atoms with Gasteiger partial charge in [0, 0.05) is 18.5 Å².